The second kappa shape index (κ2) is 3.87. The first-order valence-electron chi connectivity index (χ1n) is 3.86. The van der Waals surface area contributed by atoms with Crippen molar-refractivity contribution in [2.75, 3.05) is 0 Å². The van der Waals surface area contributed by atoms with Crippen molar-refractivity contribution in [3.05, 3.63) is 29.3 Å². The standard InChI is InChI=1S/C8H6F3NO3S/c9-8(10,11)6-3-1-2-5(4-13)7(6)16(12,14)15/h1-4H,(H2,12,14,15). The third-order valence-corrected chi connectivity index (χ3v) is 2.79. The van der Waals surface area contributed by atoms with E-state index in [1.165, 1.54) is 0 Å². The van der Waals surface area contributed by atoms with Crippen LogP contribution in [0.4, 0.5) is 13.2 Å². The van der Waals surface area contributed by atoms with E-state index in [0.29, 0.717) is 6.07 Å². The molecule has 8 heteroatoms. The van der Waals surface area contributed by atoms with Gasteiger partial charge in [0.05, 0.1) is 5.56 Å². The van der Waals surface area contributed by atoms with E-state index in [2.05, 4.69) is 5.14 Å². The summed E-state index contributed by atoms with van der Waals surface area (Å²) in [6.45, 7) is 0. The van der Waals surface area contributed by atoms with E-state index in [1.807, 2.05) is 0 Å². The first-order chi connectivity index (χ1) is 7.18. The molecule has 0 unspecified atom stereocenters. The quantitative estimate of drug-likeness (QED) is 0.803. The number of halogens is 3. The summed E-state index contributed by atoms with van der Waals surface area (Å²) in [4.78, 5) is 9.27. The van der Waals surface area contributed by atoms with E-state index in [9.17, 15) is 26.4 Å². The van der Waals surface area contributed by atoms with Crippen molar-refractivity contribution in [1.29, 1.82) is 0 Å². The molecule has 0 saturated heterocycles. The molecule has 0 aliphatic carbocycles. The SMILES string of the molecule is NS(=O)(=O)c1c(C=O)cccc1C(F)(F)F. The van der Waals surface area contributed by atoms with Crippen LogP contribution in [0, 0.1) is 0 Å². The summed E-state index contributed by atoms with van der Waals surface area (Å²) in [5, 5.41) is 4.64. The molecular weight excluding hydrogens is 247 g/mol. The highest BCUT2D eigenvalue weighted by molar-refractivity contribution is 7.89. The van der Waals surface area contributed by atoms with Gasteiger partial charge in [0, 0.05) is 5.56 Å². The maximum Gasteiger partial charge on any atom is 0.417 e. The van der Waals surface area contributed by atoms with Crippen molar-refractivity contribution in [1.82, 2.24) is 0 Å². The Kier molecular flexibility index (Phi) is 3.06. The van der Waals surface area contributed by atoms with E-state index < -0.39 is 32.2 Å². The number of hydrogen-bond donors (Lipinski definition) is 1. The Hall–Kier alpha value is -1.41. The first-order valence-corrected chi connectivity index (χ1v) is 5.40. The average molecular weight is 253 g/mol. The highest BCUT2D eigenvalue weighted by Crippen LogP contribution is 2.34. The first kappa shape index (κ1) is 12.7. The molecule has 1 aromatic carbocycles. The largest absolute Gasteiger partial charge is 0.417 e. The van der Waals surface area contributed by atoms with Crippen molar-refractivity contribution in [2.45, 2.75) is 11.1 Å². The van der Waals surface area contributed by atoms with Crippen LogP contribution in [0.1, 0.15) is 15.9 Å². The summed E-state index contributed by atoms with van der Waals surface area (Å²) < 4.78 is 59.4. The third kappa shape index (κ3) is 2.39. The fourth-order valence-corrected chi connectivity index (χ4v) is 2.12. The molecule has 0 aliphatic heterocycles. The lowest BCUT2D eigenvalue weighted by Gasteiger charge is -2.12. The van der Waals surface area contributed by atoms with E-state index in [4.69, 9.17) is 0 Å². The van der Waals surface area contributed by atoms with Gasteiger partial charge < -0.3 is 0 Å². The van der Waals surface area contributed by atoms with Crippen LogP contribution in [0.5, 0.6) is 0 Å². The molecule has 0 aromatic heterocycles. The van der Waals surface area contributed by atoms with Crippen LogP contribution >= 0.6 is 0 Å². The summed E-state index contributed by atoms with van der Waals surface area (Å²) in [7, 11) is -4.61. The van der Waals surface area contributed by atoms with Gasteiger partial charge >= 0.3 is 6.18 Å². The Labute approximate surface area is 88.9 Å². The number of alkyl halides is 3. The Bertz CT molecular complexity index is 522. The van der Waals surface area contributed by atoms with Crippen LogP contribution < -0.4 is 5.14 Å². The summed E-state index contributed by atoms with van der Waals surface area (Å²) in [6.07, 6.45) is -4.88. The number of carbonyl (C=O) groups is 1. The van der Waals surface area contributed by atoms with Gasteiger partial charge in [0.25, 0.3) is 0 Å². The van der Waals surface area contributed by atoms with E-state index >= 15 is 0 Å². The van der Waals surface area contributed by atoms with Crippen LogP contribution in [0.15, 0.2) is 23.1 Å². The van der Waals surface area contributed by atoms with Gasteiger partial charge in [-0.05, 0) is 6.07 Å². The van der Waals surface area contributed by atoms with Crippen LogP contribution in [0.25, 0.3) is 0 Å². The minimum absolute atomic E-state index is 0.00891. The molecule has 0 fully saturated rings. The molecule has 0 saturated carbocycles. The van der Waals surface area contributed by atoms with Crippen LogP contribution in [0.3, 0.4) is 0 Å². The predicted molar refractivity (Wildman–Crippen MR) is 48.2 cm³/mol. The van der Waals surface area contributed by atoms with Crippen LogP contribution in [-0.2, 0) is 16.2 Å². The summed E-state index contributed by atoms with van der Waals surface area (Å²) >= 11 is 0. The van der Waals surface area contributed by atoms with Crippen molar-refractivity contribution in [3.8, 4) is 0 Å². The second-order valence-electron chi connectivity index (χ2n) is 2.88. The smallest absolute Gasteiger partial charge is 0.298 e. The average Bonchev–Trinajstić information content (AvgIpc) is 2.13. The molecule has 2 N–H and O–H groups in total. The number of aldehydes is 1. The van der Waals surface area contributed by atoms with Crippen LogP contribution in [-0.4, -0.2) is 14.7 Å². The summed E-state index contributed by atoms with van der Waals surface area (Å²) in [5.74, 6) is 0. The molecule has 0 amide bonds. The van der Waals surface area contributed by atoms with Gasteiger partial charge in [-0.3, -0.25) is 4.79 Å². The Morgan fingerprint density at radius 2 is 1.81 bits per heavy atom. The fraction of sp³-hybridized carbons (Fsp3) is 0.125. The molecule has 0 aliphatic rings. The normalized spacial score (nSPS) is 12.5. The number of primary sulfonamides is 1. The monoisotopic (exact) mass is 253 g/mol. The number of hydrogen-bond acceptors (Lipinski definition) is 3. The van der Waals surface area contributed by atoms with E-state index in [1.54, 1.807) is 0 Å². The Morgan fingerprint density at radius 1 is 1.25 bits per heavy atom. The van der Waals surface area contributed by atoms with Gasteiger partial charge in [-0.25, -0.2) is 13.6 Å². The van der Waals surface area contributed by atoms with Gasteiger partial charge in [0.1, 0.15) is 4.90 Å². The predicted octanol–water partition coefficient (Wildman–Crippen LogP) is 1.17. The Morgan fingerprint density at radius 3 is 2.19 bits per heavy atom. The second-order valence-corrected chi connectivity index (χ2v) is 4.38. The zero-order valence-electron chi connectivity index (χ0n) is 7.65. The topological polar surface area (TPSA) is 77.2 Å². The van der Waals surface area contributed by atoms with Crippen molar-refractivity contribution >= 4 is 16.3 Å². The lowest BCUT2D eigenvalue weighted by molar-refractivity contribution is -0.139. The van der Waals surface area contributed by atoms with Gasteiger partial charge in [-0.1, -0.05) is 12.1 Å². The minimum Gasteiger partial charge on any atom is -0.298 e. The fourth-order valence-electron chi connectivity index (χ4n) is 1.19. The van der Waals surface area contributed by atoms with Gasteiger partial charge in [0.2, 0.25) is 10.0 Å². The van der Waals surface area contributed by atoms with Crippen molar-refractivity contribution in [3.63, 3.8) is 0 Å². The van der Waals surface area contributed by atoms with E-state index in [-0.39, 0.29) is 6.29 Å². The molecule has 4 nitrogen and oxygen atoms in total. The molecular formula is C8H6F3NO3S. The van der Waals surface area contributed by atoms with Crippen LogP contribution in [0.2, 0.25) is 0 Å². The molecule has 0 atom stereocenters. The maximum atomic E-state index is 12.5. The Balaban J connectivity index is 3.71. The maximum absolute atomic E-state index is 12.5. The minimum atomic E-state index is -4.89. The molecule has 16 heavy (non-hydrogen) atoms. The molecule has 1 aromatic rings. The lowest BCUT2D eigenvalue weighted by Crippen LogP contribution is -2.20. The van der Waals surface area contributed by atoms with Crippen molar-refractivity contribution < 1.29 is 26.4 Å². The van der Waals surface area contributed by atoms with E-state index in [0.717, 1.165) is 12.1 Å². The number of carbonyl (C=O) groups excluding carboxylic acids is 1. The zero-order valence-corrected chi connectivity index (χ0v) is 8.47. The molecule has 0 heterocycles. The molecule has 0 bridgehead atoms. The van der Waals surface area contributed by atoms with Crippen molar-refractivity contribution in [2.24, 2.45) is 5.14 Å². The molecule has 0 spiro atoms. The highest BCUT2D eigenvalue weighted by Gasteiger charge is 2.37. The molecule has 88 valence electrons. The number of benzene rings is 1. The number of rotatable bonds is 2. The summed E-state index contributed by atoms with van der Waals surface area (Å²) in [6, 6.07) is 2.43. The number of nitrogens with two attached hydrogens (primary N) is 1. The van der Waals surface area contributed by atoms with Gasteiger partial charge in [0.15, 0.2) is 6.29 Å². The summed E-state index contributed by atoms with van der Waals surface area (Å²) in [5.41, 5.74) is -2.06. The zero-order chi connectivity index (χ0) is 12.6. The molecule has 0 radical (unpaired) electrons. The molecule has 1 rings (SSSR count). The highest BCUT2D eigenvalue weighted by atomic mass is 32.2. The lowest BCUT2D eigenvalue weighted by atomic mass is 10.1. The third-order valence-electron chi connectivity index (χ3n) is 1.76. The van der Waals surface area contributed by atoms with Gasteiger partial charge in [-0.2, -0.15) is 13.2 Å². The van der Waals surface area contributed by atoms with Gasteiger partial charge in [-0.15, -0.1) is 0 Å². The number of sulfonamides is 1.